The van der Waals surface area contributed by atoms with Crippen molar-refractivity contribution in [2.75, 3.05) is 26.3 Å². The Kier molecular flexibility index (Phi) is 3.47. The maximum absolute atomic E-state index is 5.70. The van der Waals surface area contributed by atoms with Crippen molar-refractivity contribution in [3.63, 3.8) is 0 Å². The van der Waals surface area contributed by atoms with Crippen LogP contribution in [0.15, 0.2) is 12.2 Å². The molecule has 2 aliphatic rings. The highest BCUT2D eigenvalue weighted by molar-refractivity contribution is 5.15. The fraction of sp³-hybridized carbons (Fsp3) is 0.846. The molecule has 2 aliphatic heterocycles. The summed E-state index contributed by atoms with van der Waals surface area (Å²) in [6, 6.07) is 0. The maximum atomic E-state index is 5.70. The van der Waals surface area contributed by atoms with Crippen LogP contribution >= 0.6 is 0 Å². The largest absolute Gasteiger partial charge is 0.380 e. The molecule has 0 saturated carbocycles. The quantitative estimate of drug-likeness (QED) is 0.662. The molecule has 0 spiro atoms. The topological polar surface area (TPSA) is 12.5 Å². The zero-order valence-corrected chi connectivity index (χ0v) is 9.93. The lowest BCUT2D eigenvalue weighted by Crippen LogP contribution is -2.47. The van der Waals surface area contributed by atoms with Gasteiger partial charge in [0.1, 0.15) is 0 Å². The Morgan fingerprint density at radius 3 is 3.07 bits per heavy atom. The molecule has 2 heterocycles. The molecule has 1 unspecified atom stereocenters. The summed E-state index contributed by atoms with van der Waals surface area (Å²) in [4.78, 5) is 2.62. The summed E-state index contributed by atoms with van der Waals surface area (Å²) >= 11 is 0. The number of nitrogens with zero attached hydrogens (tertiary/aromatic N) is 1. The van der Waals surface area contributed by atoms with Gasteiger partial charge >= 0.3 is 0 Å². The van der Waals surface area contributed by atoms with Crippen molar-refractivity contribution >= 4 is 0 Å². The van der Waals surface area contributed by atoms with Gasteiger partial charge in [-0.3, -0.25) is 4.90 Å². The summed E-state index contributed by atoms with van der Waals surface area (Å²) in [7, 11) is 0. The molecule has 2 saturated heterocycles. The van der Waals surface area contributed by atoms with Gasteiger partial charge in [0.05, 0.1) is 6.61 Å². The van der Waals surface area contributed by atoms with Crippen molar-refractivity contribution in [1.29, 1.82) is 0 Å². The first-order chi connectivity index (χ1) is 7.27. The van der Waals surface area contributed by atoms with E-state index in [1.807, 2.05) is 0 Å². The van der Waals surface area contributed by atoms with Crippen LogP contribution in [0.25, 0.3) is 0 Å². The van der Waals surface area contributed by atoms with Crippen LogP contribution in [0.1, 0.15) is 39.0 Å². The van der Waals surface area contributed by atoms with Gasteiger partial charge < -0.3 is 4.74 Å². The average molecular weight is 209 g/mol. The van der Waals surface area contributed by atoms with Crippen molar-refractivity contribution in [3.8, 4) is 0 Å². The van der Waals surface area contributed by atoms with Gasteiger partial charge in [0, 0.05) is 18.7 Å². The monoisotopic (exact) mass is 209 g/mol. The predicted octanol–water partition coefficient (Wildman–Crippen LogP) is 2.60. The SMILES string of the molecule is C=C1CN2CCCCCC2(COCC)C1. The summed E-state index contributed by atoms with van der Waals surface area (Å²) in [5.41, 5.74) is 1.71. The van der Waals surface area contributed by atoms with Gasteiger partial charge in [0.25, 0.3) is 0 Å². The second-order valence-electron chi connectivity index (χ2n) is 5.02. The minimum Gasteiger partial charge on any atom is -0.380 e. The smallest absolute Gasteiger partial charge is 0.0653 e. The molecule has 2 fully saturated rings. The molecule has 0 amide bonds. The summed E-state index contributed by atoms with van der Waals surface area (Å²) in [6.45, 7) is 10.3. The van der Waals surface area contributed by atoms with E-state index in [1.54, 1.807) is 0 Å². The Morgan fingerprint density at radius 1 is 1.40 bits per heavy atom. The van der Waals surface area contributed by atoms with Crippen LogP contribution in [0.5, 0.6) is 0 Å². The van der Waals surface area contributed by atoms with E-state index >= 15 is 0 Å². The van der Waals surface area contributed by atoms with Crippen molar-refractivity contribution < 1.29 is 4.74 Å². The lowest BCUT2D eigenvalue weighted by atomic mass is 9.90. The summed E-state index contributed by atoms with van der Waals surface area (Å²) in [6.07, 6.45) is 6.55. The van der Waals surface area contributed by atoms with Gasteiger partial charge in [-0.25, -0.2) is 0 Å². The third kappa shape index (κ3) is 2.26. The number of fused-ring (bicyclic) bond motifs is 1. The number of hydrogen-bond donors (Lipinski definition) is 0. The van der Waals surface area contributed by atoms with Gasteiger partial charge in [-0.15, -0.1) is 0 Å². The lowest BCUT2D eigenvalue weighted by Gasteiger charge is -2.36. The highest BCUT2D eigenvalue weighted by atomic mass is 16.5. The minimum absolute atomic E-state index is 0.309. The van der Waals surface area contributed by atoms with E-state index in [2.05, 4.69) is 18.4 Å². The molecule has 0 aliphatic carbocycles. The Labute approximate surface area is 93.3 Å². The highest BCUT2D eigenvalue weighted by Gasteiger charge is 2.42. The third-order valence-corrected chi connectivity index (χ3v) is 3.81. The lowest BCUT2D eigenvalue weighted by molar-refractivity contribution is 0.0189. The Bertz CT molecular complexity index is 239. The fourth-order valence-electron chi connectivity index (χ4n) is 3.07. The number of hydrogen-bond acceptors (Lipinski definition) is 2. The van der Waals surface area contributed by atoms with Crippen LogP contribution in [-0.2, 0) is 4.74 Å². The van der Waals surface area contributed by atoms with Crippen LogP contribution in [0, 0.1) is 0 Å². The molecule has 0 bridgehead atoms. The van der Waals surface area contributed by atoms with Crippen molar-refractivity contribution in [2.24, 2.45) is 0 Å². The zero-order chi connectivity index (χ0) is 10.7. The van der Waals surface area contributed by atoms with E-state index in [0.717, 1.165) is 26.2 Å². The van der Waals surface area contributed by atoms with E-state index < -0.39 is 0 Å². The third-order valence-electron chi connectivity index (χ3n) is 3.81. The van der Waals surface area contributed by atoms with E-state index in [1.165, 1.54) is 37.8 Å². The number of rotatable bonds is 3. The first-order valence-electron chi connectivity index (χ1n) is 6.26. The standard InChI is InChI=1S/C13H23NO/c1-3-15-11-13-7-5-4-6-8-14(13)10-12(2)9-13/h2-11H2,1H3. The van der Waals surface area contributed by atoms with E-state index in [-0.39, 0.29) is 0 Å². The van der Waals surface area contributed by atoms with Crippen molar-refractivity contribution in [2.45, 2.75) is 44.6 Å². The molecule has 0 radical (unpaired) electrons. The van der Waals surface area contributed by atoms with Gasteiger partial charge in [0.15, 0.2) is 0 Å². The molecule has 1 atom stereocenters. The molecule has 2 nitrogen and oxygen atoms in total. The van der Waals surface area contributed by atoms with Gasteiger partial charge in [-0.05, 0) is 32.7 Å². The second kappa shape index (κ2) is 4.67. The molecular formula is C13H23NO. The van der Waals surface area contributed by atoms with Crippen molar-refractivity contribution in [1.82, 2.24) is 4.90 Å². The normalized spacial score (nSPS) is 32.7. The molecule has 2 rings (SSSR count). The first kappa shape index (κ1) is 11.2. The first-order valence-corrected chi connectivity index (χ1v) is 6.26. The maximum Gasteiger partial charge on any atom is 0.0653 e. The zero-order valence-electron chi connectivity index (χ0n) is 9.93. The fourth-order valence-corrected chi connectivity index (χ4v) is 3.07. The van der Waals surface area contributed by atoms with Crippen molar-refractivity contribution in [3.05, 3.63) is 12.2 Å². The van der Waals surface area contributed by atoms with E-state index in [9.17, 15) is 0 Å². The minimum atomic E-state index is 0.309. The van der Waals surface area contributed by atoms with Crippen LogP contribution < -0.4 is 0 Å². The highest BCUT2D eigenvalue weighted by Crippen LogP contribution is 2.38. The Hall–Kier alpha value is -0.340. The van der Waals surface area contributed by atoms with E-state index in [4.69, 9.17) is 4.74 Å². The summed E-state index contributed by atoms with van der Waals surface area (Å²) < 4.78 is 5.70. The van der Waals surface area contributed by atoms with Crippen LogP contribution in [0.3, 0.4) is 0 Å². The predicted molar refractivity (Wildman–Crippen MR) is 63.0 cm³/mol. The molecule has 15 heavy (non-hydrogen) atoms. The summed E-state index contributed by atoms with van der Waals surface area (Å²) in [5, 5.41) is 0. The van der Waals surface area contributed by atoms with E-state index in [0.29, 0.717) is 5.54 Å². The molecule has 0 aromatic rings. The molecule has 0 aromatic carbocycles. The van der Waals surface area contributed by atoms with Gasteiger partial charge in [0.2, 0.25) is 0 Å². The Morgan fingerprint density at radius 2 is 2.27 bits per heavy atom. The van der Waals surface area contributed by atoms with Gasteiger partial charge in [-0.2, -0.15) is 0 Å². The average Bonchev–Trinajstić information content (AvgIpc) is 2.40. The summed E-state index contributed by atoms with van der Waals surface area (Å²) in [5.74, 6) is 0. The van der Waals surface area contributed by atoms with Gasteiger partial charge in [-0.1, -0.05) is 25.0 Å². The molecule has 2 heteroatoms. The van der Waals surface area contributed by atoms with Crippen LogP contribution in [0.4, 0.5) is 0 Å². The second-order valence-corrected chi connectivity index (χ2v) is 5.02. The molecule has 86 valence electrons. The van der Waals surface area contributed by atoms with Crippen LogP contribution in [-0.4, -0.2) is 36.7 Å². The molecule has 0 aromatic heterocycles. The molecule has 0 N–H and O–H groups in total. The number of ether oxygens (including phenoxy) is 1. The molecular weight excluding hydrogens is 186 g/mol. The Balaban J connectivity index is 2.09. The van der Waals surface area contributed by atoms with Crippen LogP contribution in [0.2, 0.25) is 0 Å².